The van der Waals surface area contributed by atoms with Gasteiger partial charge in [0.1, 0.15) is 5.15 Å². The number of rotatable bonds is 4. The summed E-state index contributed by atoms with van der Waals surface area (Å²) in [4.78, 5) is 19.0. The standard InChI is InChI=1S/C10H11ClN2O2S/c1-15-8(14)5-3-4-7-6-12-10(16-2)13-9(7)11/h3-4,6H,5H2,1-2H3. The predicted octanol–water partition coefficient (Wildman–Crippen LogP) is 2.43. The Morgan fingerprint density at radius 2 is 2.44 bits per heavy atom. The molecular weight excluding hydrogens is 248 g/mol. The maximum atomic E-state index is 10.8. The minimum Gasteiger partial charge on any atom is -0.469 e. The first-order chi connectivity index (χ1) is 7.67. The number of ether oxygens (including phenoxy) is 1. The van der Waals surface area contributed by atoms with Crippen molar-refractivity contribution in [2.45, 2.75) is 11.6 Å². The van der Waals surface area contributed by atoms with Gasteiger partial charge in [0.25, 0.3) is 0 Å². The molecule has 6 heteroatoms. The van der Waals surface area contributed by atoms with Crippen LogP contribution in [-0.4, -0.2) is 29.3 Å². The van der Waals surface area contributed by atoms with Crippen molar-refractivity contribution in [1.82, 2.24) is 9.97 Å². The number of halogens is 1. The number of methoxy groups -OCH3 is 1. The number of nitrogens with zero attached hydrogens (tertiary/aromatic N) is 2. The van der Waals surface area contributed by atoms with E-state index in [9.17, 15) is 4.79 Å². The van der Waals surface area contributed by atoms with E-state index in [1.807, 2.05) is 6.26 Å². The van der Waals surface area contributed by atoms with Gasteiger partial charge in [-0.25, -0.2) is 9.97 Å². The molecule has 0 fully saturated rings. The Kier molecular flexibility index (Phi) is 5.28. The molecule has 1 aromatic rings. The molecule has 0 radical (unpaired) electrons. The monoisotopic (exact) mass is 258 g/mol. The molecule has 4 nitrogen and oxygen atoms in total. The topological polar surface area (TPSA) is 52.1 Å². The summed E-state index contributed by atoms with van der Waals surface area (Å²) in [5.41, 5.74) is 0.684. The van der Waals surface area contributed by atoms with Crippen molar-refractivity contribution in [3.8, 4) is 0 Å². The molecule has 0 aromatic carbocycles. The van der Waals surface area contributed by atoms with Crippen LogP contribution in [0.2, 0.25) is 5.15 Å². The average Bonchev–Trinajstić information content (AvgIpc) is 2.30. The van der Waals surface area contributed by atoms with Gasteiger partial charge in [-0.1, -0.05) is 35.5 Å². The maximum Gasteiger partial charge on any atom is 0.309 e. The highest BCUT2D eigenvalue weighted by molar-refractivity contribution is 7.98. The van der Waals surface area contributed by atoms with E-state index in [0.29, 0.717) is 15.9 Å². The molecular formula is C10H11ClN2O2S. The molecule has 1 heterocycles. The fraction of sp³-hybridized carbons (Fsp3) is 0.300. The molecule has 0 saturated heterocycles. The van der Waals surface area contributed by atoms with Crippen molar-refractivity contribution in [2.24, 2.45) is 0 Å². The Hall–Kier alpha value is -1.07. The van der Waals surface area contributed by atoms with Crippen LogP contribution >= 0.6 is 23.4 Å². The van der Waals surface area contributed by atoms with Gasteiger partial charge in [0.15, 0.2) is 5.16 Å². The van der Waals surface area contributed by atoms with Crippen molar-refractivity contribution in [1.29, 1.82) is 0 Å². The third kappa shape index (κ3) is 3.83. The zero-order valence-corrected chi connectivity index (χ0v) is 10.5. The van der Waals surface area contributed by atoms with Gasteiger partial charge in [0, 0.05) is 11.8 Å². The van der Waals surface area contributed by atoms with Gasteiger partial charge in [-0.05, 0) is 6.26 Å². The van der Waals surface area contributed by atoms with E-state index in [4.69, 9.17) is 11.6 Å². The van der Waals surface area contributed by atoms with E-state index in [-0.39, 0.29) is 12.4 Å². The number of hydrogen-bond acceptors (Lipinski definition) is 5. The molecule has 0 saturated carbocycles. The Bertz CT molecular complexity index is 410. The molecule has 0 aliphatic heterocycles. The zero-order valence-electron chi connectivity index (χ0n) is 8.94. The smallest absolute Gasteiger partial charge is 0.309 e. The van der Waals surface area contributed by atoms with E-state index in [0.717, 1.165) is 0 Å². The van der Waals surface area contributed by atoms with Gasteiger partial charge >= 0.3 is 5.97 Å². The summed E-state index contributed by atoms with van der Waals surface area (Å²) in [6.07, 6.45) is 7.06. The minimum atomic E-state index is -0.297. The number of esters is 1. The normalized spacial score (nSPS) is 10.7. The van der Waals surface area contributed by atoms with Gasteiger partial charge in [-0.2, -0.15) is 0 Å². The SMILES string of the molecule is COC(=O)CC=Cc1cnc(SC)nc1Cl. The number of aromatic nitrogens is 2. The molecule has 0 N–H and O–H groups in total. The van der Waals surface area contributed by atoms with Gasteiger partial charge in [-0.15, -0.1) is 0 Å². The summed E-state index contributed by atoms with van der Waals surface area (Å²) in [7, 11) is 1.35. The van der Waals surface area contributed by atoms with Crippen molar-refractivity contribution in [3.05, 3.63) is 23.0 Å². The molecule has 1 rings (SSSR count). The number of carbonyl (C=O) groups excluding carboxylic acids is 1. The molecule has 0 atom stereocenters. The van der Waals surface area contributed by atoms with Crippen LogP contribution in [0.15, 0.2) is 17.4 Å². The second-order valence-corrected chi connectivity index (χ2v) is 3.92. The van der Waals surface area contributed by atoms with Gasteiger partial charge in [0.2, 0.25) is 0 Å². The van der Waals surface area contributed by atoms with E-state index in [1.54, 1.807) is 18.3 Å². The van der Waals surface area contributed by atoms with Gasteiger partial charge in [-0.3, -0.25) is 4.79 Å². The Labute approximate surface area is 103 Å². The molecule has 86 valence electrons. The van der Waals surface area contributed by atoms with Crippen molar-refractivity contribution < 1.29 is 9.53 Å². The molecule has 0 unspecified atom stereocenters. The third-order valence-corrected chi connectivity index (χ3v) is 2.60. The van der Waals surface area contributed by atoms with Crippen LogP contribution in [0.25, 0.3) is 6.08 Å². The maximum absolute atomic E-state index is 10.8. The van der Waals surface area contributed by atoms with Crippen LogP contribution < -0.4 is 0 Å². The highest BCUT2D eigenvalue weighted by Crippen LogP contribution is 2.17. The predicted molar refractivity (Wildman–Crippen MR) is 64.5 cm³/mol. The average molecular weight is 259 g/mol. The van der Waals surface area contributed by atoms with Crippen LogP contribution in [0, 0.1) is 0 Å². The first-order valence-electron chi connectivity index (χ1n) is 4.47. The second-order valence-electron chi connectivity index (χ2n) is 2.79. The van der Waals surface area contributed by atoms with Crippen LogP contribution in [0.4, 0.5) is 0 Å². The second kappa shape index (κ2) is 6.50. The molecule has 1 aromatic heterocycles. The largest absolute Gasteiger partial charge is 0.469 e. The summed E-state index contributed by atoms with van der Waals surface area (Å²) in [6, 6.07) is 0. The summed E-state index contributed by atoms with van der Waals surface area (Å²) in [5.74, 6) is -0.297. The highest BCUT2D eigenvalue weighted by atomic mass is 35.5. The van der Waals surface area contributed by atoms with Crippen LogP contribution in [-0.2, 0) is 9.53 Å². The van der Waals surface area contributed by atoms with Crippen LogP contribution in [0.5, 0.6) is 0 Å². The van der Waals surface area contributed by atoms with Gasteiger partial charge < -0.3 is 4.74 Å². The molecule has 16 heavy (non-hydrogen) atoms. The Balaban J connectivity index is 2.70. The van der Waals surface area contributed by atoms with E-state index >= 15 is 0 Å². The fourth-order valence-electron chi connectivity index (χ4n) is 0.931. The van der Waals surface area contributed by atoms with Crippen molar-refractivity contribution >= 4 is 35.4 Å². The Morgan fingerprint density at radius 3 is 3.00 bits per heavy atom. The quantitative estimate of drug-likeness (QED) is 0.359. The third-order valence-electron chi connectivity index (χ3n) is 1.74. The molecule has 0 aliphatic carbocycles. The summed E-state index contributed by atoms with van der Waals surface area (Å²) in [5, 5.41) is 0.996. The van der Waals surface area contributed by atoms with Crippen LogP contribution in [0.1, 0.15) is 12.0 Å². The first-order valence-corrected chi connectivity index (χ1v) is 6.07. The molecule has 0 aliphatic rings. The number of hydrogen-bond donors (Lipinski definition) is 0. The van der Waals surface area contributed by atoms with Crippen molar-refractivity contribution in [3.63, 3.8) is 0 Å². The molecule has 0 amide bonds. The van der Waals surface area contributed by atoms with Gasteiger partial charge in [0.05, 0.1) is 13.5 Å². The van der Waals surface area contributed by atoms with E-state index < -0.39 is 0 Å². The summed E-state index contributed by atoms with van der Waals surface area (Å²) in [6.45, 7) is 0. The summed E-state index contributed by atoms with van der Waals surface area (Å²) >= 11 is 7.34. The lowest BCUT2D eigenvalue weighted by atomic mass is 10.3. The lowest BCUT2D eigenvalue weighted by molar-refractivity contribution is -0.139. The van der Waals surface area contributed by atoms with Crippen LogP contribution in [0.3, 0.4) is 0 Å². The zero-order chi connectivity index (χ0) is 12.0. The number of carbonyl (C=O) groups is 1. The van der Waals surface area contributed by atoms with Crippen molar-refractivity contribution in [2.75, 3.05) is 13.4 Å². The van der Waals surface area contributed by atoms with E-state index in [2.05, 4.69) is 14.7 Å². The molecule has 0 bridgehead atoms. The summed E-state index contributed by atoms with van der Waals surface area (Å²) < 4.78 is 4.50. The highest BCUT2D eigenvalue weighted by Gasteiger charge is 2.01. The lowest BCUT2D eigenvalue weighted by Gasteiger charge is -1.99. The lowest BCUT2D eigenvalue weighted by Crippen LogP contribution is -1.96. The van der Waals surface area contributed by atoms with E-state index in [1.165, 1.54) is 18.9 Å². The number of thioether (sulfide) groups is 1. The Morgan fingerprint density at radius 1 is 1.69 bits per heavy atom. The first kappa shape index (κ1) is 13.0. The molecule has 0 spiro atoms. The minimum absolute atomic E-state index is 0.205. The fourth-order valence-corrected chi connectivity index (χ4v) is 1.51.